The third kappa shape index (κ3) is 4.21. The van der Waals surface area contributed by atoms with E-state index in [9.17, 15) is 9.59 Å². The maximum absolute atomic E-state index is 12.7. The zero-order valence-corrected chi connectivity index (χ0v) is 17.4. The second-order valence-electron chi connectivity index (χ2n) is 6.85. The average Bonchev–Trinajstić information content (AvgIpc) is 3.19. The molecule has 2 N–H and O–H groups in total. The molecule has 0 atom stereocenters. The zero-order valence-electron chi connectivity index (χ0n) is 15.8. The topological polar surface area (TPSA) is 66.9 Å². The van der Waals surface area contributed by atoms with Gasteiger partial charge in [0.2, 0.25) is 0 Å². The van der Waals surface area contributed by atoms with Crippen molar-refractivity contribution in [3.05, 3.63) is 97.4 Å². The van der Waals surface area contributed by atoms with E-state index in [2.05, 4.69) is 10.3 Å². The molecule has 4 rings (SSSR count). The molecule has 0 aliphatic rings. The van der Waals surface area contributed by atoms with Gasteiger partial charge in [0.05, 0.1) is 12.1 Å². The van der Waals surface area contributed by atoms with Crippen molar-refractivity contribution in [1.82, 2.24) is 14.9 Å². The molecule has 2 aromatic heterocycles. The Hall–Kier alpha value is -3.03. The van der Waals surface area contributed by atoms with Gasteiger partial charge in [-0.15, -0.1) is 11.3 Å². The third-order valence-corrected chi connectivity index (χ3v) is 5.95. The van der Waals surface area contributed by atoms with Crippen LogP contribution in [0.4, 0.5) is 0 Å². The molecular formula is C22H19N3O2S2. The zero-order chi connectivity index (χ0) is 20.4. The minimum Gasteiger partial charge on any atom is -0.348 e. The van der Waals surface area contributed by atoms with E-state index in [1.54, 1.807) is 16.7 Å². The van der Waals surface area contributed by atoms with Crippen molar-refractivity contribution in [2.75, 3.05) is 0 Å². The number of amides is 1. The quantitative estimate of drug-likeness (QED) is 0.469. The fourth-order valence-electron chi connectivity index (χ4n) is 3.05. The number of aromatic nitrogens is 2. The first kappa shape index (κ1) is 19.3. The molecule has 5 nitrogen and oxygen atoms in total. The van der Waals surface area contributed by atoms with E-state index >= 15 is 0 Å². The van der Waals surface area contributed by atoms with Crippen molar-refractivity contribution in [2.45, 2.75) is 20.0 Å². The summed E-state index contributed by atoms with van der Waals surface area (Å²) in [6.45, 7) is 2.86. The lowest BCUT2D eigenvalue weighted by Crippen LogP contribution is -2.23. The van der Waals surface area contributed by atoms with Crippen LogP contribution in [0.15, 0.2) is 64.8 Å². The molecule has 2 aromatic carbocycles. The number of fused-ring (bicyclic) bond motifs is 1. The Morgan fingerprint density at radius 3 is 2.48 bits per heavy atom. The smallest absolute Gasteiger partial charge is 0.272 e. The lowest BCUT2D eigenvalue weighted by molar-refractivity contribution is 0.0951. The Balaban J connectivity index is 1.46. The van der Waals surface area contributed by atoms with Crippen LogP contribution in [0.25, 0.3) is 10.2 Å². The molecule has 4 aromatic rings. The van der Waals surface area contributed by atoms with E-state index < -0.39 is 0 Å². The summed E-state index contributed by atoms with van der Waals surface area (Å²) >= 11 is 6.73. The second kappa shape index (κ2) is 8.14. The largest absolute Gasteiger partial charge is 0.348 e. The number of nitrogens with zero attached hydrogens (tertiary/aromatic N) is 1. The highest BCUT2D eigenvalue weighted by atomic mass is 32.1. The molecule has 0 saturated heterocycles. The highest BCUT2D eigenvalue weighted by Gasteiger charge is 2.09. The van der Waals surface area contributed by atoms with Crippen molar-refractivity contribution in [2.24, 2.45) is 0 Å². The number of benzene rings is 2. The van der Waals surface area contributed by atoms with E-state index in [-0.39, 0.29) is 11.5 Å². The van der Waals surface area contributed by atoms with Crippen LogP contribution in [-0.4, -0.2) is 15.5 Å². The van der Waals surface area contributed by atoms with E-state index in [1.807, 2.05) is 54.8 Å². The number of aromatic amines is 1. The second-order valence-corrected chi connectivity index (χ2v) is 8.15. The van der Waals surface area contributed by atoms with Crippen molar-refractivity contribution >= 4 is 39.7 Å². The Labute approximate surface area is 176 Å². The lowest BCUT2D eigenvalue weighted by Gasteiger charge is -2.09. The van der Waals surface area contributed by atoms with Crippen LogP contribution in [0.2, 0.25) is 0 Å². The number of thiophene rings is 1. The predicted molar refractivity (Wildman–Crippen MR) is 119 cm³/mol. The number of hydrogen-bond acceptors (Lipinski definition) is 4. The Bertz CT molecular complexity index is 1280. The van der Waals surface area contributed by atoms with Gasteiger partial charge in [-0.1, -0.05) is 42.0 Å². The molecule has 1 amide bonds. The van der Waals surface area contributed by atoms with E-state index in [4.69, 9.17) is 12.2 Å². The van der Waals surface area contributed by atoms with Gasteiger partial charge < -0.3 is 10.3 Å². The fraction of sp³-hybridized carbons (Fsp3) is 0.136. The van der Waals surface area contributed by atoms with Gasteiger partial charge in [0.15, 0.2) is 4.77 Å². The monoisotopic (exact) mass is 421 g/mol. The highest BCUT2D eigenvalue weighted by Crippen LogP contribution is 2.15. The number of aryl methyl sites for hydroxylation is 1. The van der Waals surface area contributed by atoms with Gasteiger partial charge in [-0.25, -0.2) is 0 Å². The first-order valence-corrected chi connectivity index (χ1v) is 10.4. The van der Waals surface area contributed by atoms with Crippen LogP contribution in [-0.2, 0) is 13.1 Å². The predicted octanol–water partition coefficient (Wildman–Crippen LogP) is 4.41. The van der Waals surface area contributed by atoms with Crippen LogP contribution in [0.1, 0.15) is 27.0 Å². The molecule has 0 aliphatic carbocycles. The molecule has 7 heteroatoms. The standard InChI is InChI=1S/C22H19N3O2S2/c1-14-2-4-15(5-3-14)12-23-20(26)17-8-6-16(7-9-17)13-25-21(27)19-18(10-11-29-19)24-22(25)28/h2-11H,12-13H2,1H3,(H,23,26)(H,24,28). The van der Waals surface area contributed by atoms with Gasteiger partial charge in [0.1, 0.15) is 4.70 Å². The summed E-state index contributed by atoms with van der Waals surface area (Å²) in [4.78, 5) is 28.1. The van der Waals surface area contributed by atoms with Gasteiger partial charge in [-0.05, 0) is 53.8 Å². The number of nitrogens with one attached hydrogen (secondary N) is 2. The Morgan fingerprint density at radius 2 is 1.76 bits per heavy atom. The summed E-state index contributed by atoms with van der Waals surface area (Å²) in [5.41, 5.74) is 4.39. The molecule has 2 heterocycles. The normalized spacial score (nSPS) is 10.9. The van der Waals surface area contributed by atoms with Crippen LogP contribution >= 0.6 is 23.6 Å². The molecule has 0 aliphatic heterocycles. The van der Waals surface area contributed by atoms with Crippen molar-refractivity contribution in [1.29, 1.82) is 0 Å². The maximum Gasteiger partial charge on any atom is 0.272 e. The summed E-state index contributed by atoms with van der Waals surface area (Å²) < 4.78 is 2.59. The van der Waals surface area contributed by atoms with Crippen LogP contribution < -0.4 is 10.9 Å². The summed E-state index contributed by atoms with van der Waals surface area (Å²) in [6.07, 6.45) is 0. The number of hydrogen-bond donors (Lipinski definition) is 2. The van der Waals surface area contributed by atoms with Gasteiger partial charge in [0.25, 0.3) is 11.5 Å². The Kier molecular flexibility index (Phi) is 5.42. The minimum atomic E-state index is -0.133. The molecule has 29 heavy (non-hydrogen) atoms. The van der Waals surface area contributed by atoms with E-state index in [0.717, 1.165) is 16.6 Å². The van der Waals surface area contributed by atoms with Gasteiger partial charge >= 0.3 is 0 Å². The molecule has 0 fully saturated rings. The molecule has 146 valence electrons. The molecule has 0 unspecified atom stereocenters. The van der Waals surface area contributed by atoms with Crippen LogP contribution in [0.3, 0.4) is 0 Å². The summed E-state index contributed by atoms with van der Waals surface area (Å²) in [5, 5.41) is 4.79. The first-order chi connectivity index (χ1) is 14.0. The lowest BCUT2D eigenvalue weighted by atomic mass is 10.1. The van der Waals surface area contributed by atoms with Crippen molar-refractivity contribution in [3.8, 4) is 0 Å². The van der Waals surface area contributed by atoms with Crippen LogP contribution in [0, 0.1) is 11.7 Å². The number of carbonyl (C=O) groups is 1. The fourth-order valence-corrected chi connectivity index (χ4v) is 4.10. The van der Waals surface area contributed by atoms with Crippen molar-refractivity contribution < 1.29 is 4.79 Å². The number of H-pyrrole nitrogens is 1. The first-order valence-electron chi connectivity index (χ1n) is 9.14. The van der Waals surface area contributed by atoms with Gasteiger partial charge in [-0.2, -0.15) is 0 Å². The third-order valence-electron chi connectivity index (χ3n) is 4.72. The number of carbonyl (C=O) groups excluding carboxylic acids is 1. The average molecular weight is 422 g/mol. The maximum atomic E-state index is 12.7. The van der Waals surface area contributed by atoms with Gasteiger partial charge in [-0.3, -0.25) is 14.2 Å². The number of rotatable bonds is 5. The Morgan fingerprint density at radius 1 is 1.07 bits per heavy atom. The van der Waals surface area contributed by atoms with E-state index in [1.165, 1.54) is 16.9 Å². The summed E-state index contributed by atoms with van der Waals surface area (Å²) in [5.74, 6) is -0.133. The van der Waals surface area contributed by atoms with Crippen LogP contribution in [0.5, 0.6) is 0 Å². The summed E-state index contributed by atoms with van der Waals surface area (Å²) in [6, 6.07) is 17.1. The molecule has 0 bridgehead atoms. The summed E-state index contributed by atoms with van der Waals surface area (Å²) in [7, 11) is 0. The molecule has 0 radical (unpaired) electrons. The molecule has 0 spiro atoms. The SMILES string of the molecule is Cc1ccc(CNC(=O)c2ccc(Cn3c(=S)[nH]c4ccsc4c3=O)cc2)cc1. The highest BCUT2D eigenvalue weighted by molar-refractivity contribution is 7.71. The molecular weight excluding hydrogens is 402 g/mol. The minimum absolute atomic E-state index is 0.0985. The molecule has 0 saturated carbocycles. The van der Waals surface area contributed by atoms with E-state index in [0.29, 0.717) is 28.1 Å². The van der Waals surface area contributed by atoms with Gasteiger partial charge in [0, 0.05) is 12.1 Å². The van der Waals surface area contributed by atoms with Crippen molar-refractivity contribution in [3.63, 3.8) is 0 Å².